The van der Waals surface area contributed by atoms with Crippen LogP contribution in [-0.4, -0.2) is 42.4 Å². The summed E-state index contributed by atoms with van der Waals surface area (Å²) in [5.74, 6) is 0.283. The number of ether oxygens (including phenoxy) is 1. The van der Waals surface area contributed by atoms with Crippen molar-refractivity contribution in [2.75, 3.05) is 26.2 Å². The van der Waals surface area contributed by atoms with Crippen molar-refractivity contribution >= 4 is 0 Å². The first kappa shape index (κ1) is 13.9. The summed E-state index contributed by atoms with van der Waals surface area (Å²) >= 11 is 0. The Morgan fingerprint density at radius 3 is 2.35 bits per heavy atom. The average molecular weight is 241 g/mol. The van der Waals surface area contributed by atoms with Crippen LogP contribution in [-0.2, 0) is 0 Å². The number of likely N-dealkylation sites (N-methyl/N-ethyl adjacent to an activating group) is 1. The molecular weight excluding hydrogens is 221 g/mol. The lowest BCUT2D eigenvalue weighted by Gasteiger charge is -2.21. The minimum atomic E-state index is -0.528. The molecule has 1 atom stereocenters. The van der Waals surface area contributed by atoms with Crippen LogP contribution < -0.4 is 4.74 Å². The molecule has 1 aromatic rings. The first-order valence-corrected chi connectivity index (χ1v) is 5.94. The highest BCUT2D eigenvalue weighted by Gasteiger charge is 2.09. The van der Waals surface area contributed by atoms with Gasteiger partial charge in [0.15, 0.2) is 0 Å². The van der Waals surface area contributed by atoms with E-state index in [0.717, 1.165) is 13.1 Å². The molecule has 0 saturated carbocycles. The number of hydrogen-bond acceptors (Lipinski definition) is 3. The van der Waals surface area contributed by atoms with Gasteiger partial charge in [0.2, 0.25) is 0 Å². The number of aliphatic hydroxyl groups excluding tert-OH is 1. The normalized spacial score (nSPS) is 12.8. The minimum absolute atomic E-state index is 0.224. The molecule has 1 N–H and O–H groups in total. The Bertz CT molecular complexity index is 312. The van der Waals surface area contributed by atoms with E-state index in [2.05, 4.69) is 18.7 Å². The Balaban J connectivity index is 2.32. The number of rotatable bonds is 7. The van der Waals surface area contributed by atoms with Crippen LogP contribution in [0.15, 0.2) is 24.3 Å². The van der Waals surface area contributed by atoms with E-state index in [1.54, 1.807) is 12.1 Å². The lowest BCUT2D eigenvalue weighted by atomic mass is 10.3. The van der Waals surface area contributed by atoms with E-state index < -0.39 is 6.10 Å². The van der Waals surface area contributed by atoms with Crippen LogP contribution in [0, 0.1) is 5.82 Å². The van der Waals surface area contributed by atoms with E-state index in [9.17, 15) is 9.50 Å². The molecule has 0 unspecified atom stereocenters. The lowest BCUT2D eigenvalue weighted by Crippen LogP contribution is -2.35. The molecule has 17 heavy (non-hydrogen) atoms. The fourth-order valence-corrected chi connectivity index (χ4v) is 1.56. The third-order valence-corrected chi connectivity index (χ3v) is 2.62. The molecule has 0 aliphatic carbocycles. The highest BCUT2D eigenvalue weighted by atomic mass is 19.1. The molecule has 0 fully saturated rings. The maximum Gasteiger partial charge on any atom is 0.123 e. The third-order valence-electron chi connectivity index (χ3n) is 2.62. The summed E-state index contributed by atoms with van der Waals surface area (Å²) in [6.45, 7) is 6.73. The van der Waals surface area contributed by atoms with Crippen molar-refractivity contribution in [1.29, 1.82) is 0 Å². The van der Waals surface area contributed by atoms with Crippen LogP contribution in [0.1, 0.15) is 13.8 Å². The summed E-state index contributed by atoms with van der Waals surface area (Å²) in [7, 11) is 0. The van der Waals surface area contributed by atoms with Crippen molar-refractivity contribution in [3.63, 3.8) is 0 Å². The van der Waals surface area contributed by atoms with Gasteiger partial charge in [0.25, 0.3) is 0 Å². The van der Waals surface area contributed by atoms with E-state index >= 15 is 0 Å². The zero-order valence-electron chi connectivity index (χ0n) is 10.4. The zero-order valence-corrected chi connectivity index (χ0v) is 10.4. The molecule has 0 radical (unpaired) electrons. The van der Waals surface area contributed by atoms with E-state index in [4.69, 9.17) is 4.74 Å². The number of aliphatic hydroxyl groups is 1. The maximum atomic E-state index is 12.6. The van der Waals surface area contributed by atoms with Crippen molar-refractivity contribution in [2.45, 2.75) is 20.0 Å². The molecule has 1 rings (SSSR count). The second-order valence-corrected chi connectivity index (χ2v) is 3.90. The van der Waals surface area contributed by atoms with Gasteiger partial charge in [0.05, 0.1) is 0 Å². The van der Waals surface area contributed by atoms with Gasteiger partial charge in [-0.2, -0.15) is 0 Å². The molecule has 0 amide bonds. The second kappa shape index (κ2) is 7.25. The Labute approximate surface area is 102 Å². The van der Waals surface area contributed by atoms with Crippen LogP contribution in [0.2, 0.25) is 0 Å². The van der Waals surface area contributed by atoms with Crippen molar-refractivity contribution < 1.29 is 14.2 Å². The third kappa shape index (κ3) is 5.15. The Morgan fingerprint density at radius 2 is 1.82 bits per heavy atom. The molecule has 4 heteroatoms. The predicted molar refractivity (Wildman–Crippen MR) is 65.7 cm³/mol. The molecule has 0 heterocycles. The number of hydrogen-bond donors (Lipinski definition) is 1. The van der Waals surface area contributed by atoms with Gasteiger partial charge >= 0.3 is 0 Å². The van der Waals surface area contributed by atoms with E-state index in [1.165, 1.54) is 12.1 Å². The fraction of sp³-hybridized carbons (Fsp3) is 0.538. The SMILES string of the molecule is CCN(CC)C[C@H](O)COc1ccc(F)cc1. The molecular formula is C13H20FNO2. The fourth-order valence-electron chi connectivity index (χ4n) is 1.56. The van der Waals surface area contributed by atoms with Gasteiger partial charge in [-0.05, 0) is 37.4 Å². The Hall–Kier alpha value is -1.13. The molecule has 96 valence electrons. The maximum absolute atomic E-state index is 12.6. The van der Waals surface area contributed by atoms with Crippen molar-refractivity contribution in [3.8, 4) is 5.75 Å². The number of nitrogens with zero attached hydrogens (tertiary/aromatic N) is 1. The van der Waals surface area contributed by atoms with E-state index in [-0.39, 0.29) is 12.4 Å². The van der Waals surface area contributed by atoms with E-state index in [1.807, 2.05) is 0 Å². The van der Waals surface area contributed by atoms with Gasteiger partial charge in [0.1, 0.15) is 24.3 Å². The molecule has 0 aliphatic rings. The summed E-state index contributed by atoms with van der Waals surface area (Å²) in [4.78, 5) is 2.12. The van der Waals surface area contributed by atoms with Gasteiger partial charge in [-0.3, -0.25) is 0 Å². The summed E-state index contributed by atoms with van der Waals surface area (Å²) in [6, 6.07) is 5.79. The van der Waals surface area contributed by atoms with Crippen LogP contribution in [0.4, 0.5) is 4.39 Å². The number of benzene rings is 1. The minimum Gasteiger partial charge on any atom is -0.491 e. The Kier molecular flexibility index (Phi) is 5.94. The van der Waals surface area contributed by atoms with Crippen LogP contribution in [0.5, 0.6) is 5.75 Å². The lowest BCUT2D eigenvalue weighted by molar-refractivity contribution is 0.0716. The topological polar surface area (TPSA) is 32.7 Å². The van der Waals surface area contributed by atoms with E-state index in [0.29, 0.717) is 12.3 Å². The first-order chi connectivity index (χ1) is 8.15. The van der Waals surface area contributed by atoms with Crippen LogP contribution in [0.25, 0.3) is 0 Å². The molecule has 0 spiro atoms. The van der Waals surface area contributed by atoms with Crippen LogP contribution in [0.3, 0.4) is 0 Å². The summed E-state index contributed by atoms with van der Waals surface area (Å²) in [5, 5.41) is 9.76. The highest BCUT2D eigenvalue weighted by Crippen LogP contribution is 2.11. The second-order valence-electron chi connectivity index (χ2n) is 3.90. The average Bonchev–Trinajstić information content (AvgIpc) is 2.35. The van der Waals surface area contributed by atoms with Gasteiger partial charge in [0, 0.05) is 6.54 Å². The van der Waals surface area contributed by atoms with Crippen molar-refractivity contribution in [2.24, 2.45) is 0 Å². The smallest absolute Gasteiger partial charge is 0.123 e. The first-order valence-electron chi connectivity index (χ1n) is 5.94. The highest BCUT2D eigenvalue weighted by molar-refractivity contribution is 5.22. The predicted octanol–water partition coefficient (Wildman–Crippen LogP) is 1.91. The van der Waals surface area contributed by atoms with Gasteiger partial charge in [-0.25, -0.2) is 4.39 Å². The zero-order chi connectivity index (χ0) is 12.7. The molecule has 0 saturated heterocycles. The molecule has 1 aromatic carbocycles. The quantitative estimate of drug-likeness (QED) is 0.791. The molecule has 0 bridgehead atoms. The van der Waals surface area contributed by atoms with Crippen molar-refractivity contribution in [3.05, 3.63) is 30.1 Å². The van der Waals surface area contributed by atoms with Crippen molar-refractivity contribution in [1.82, 2.24) is 4.90 Å². The summed E-state index contributed by atoms with van der Waals surface area (Å²) < 4.78 is 18.0. The van der Waals surface area contributed by atoms with Gasteiger partial charge in [-0.15, -0.1) is 0 Å². The summed E-state index contributed by atoms with van der Waals surface area (Å²) in [5.41, 5.74) is 0. The van der Waals surface area contributed by atoms with Crippen LogP contribution >= 0.6 is 0 Å². The standard InChI is InChI=1S/C13H20FNO2/c1-3-15(4-2)9-12(16)10-17-13-7-5-11(14)6-8-13/h5-8,12,16H,3-4,9-10H2,1-2H3/t12-/m0/s1. The van der Waals surface area contributed by atoms with Gasteiger partial charge < -0.3 is 14.7 Å². The van der Waals surface area contributed by atoms with Gasteiger partial charge in [-0.1, -0.05) is 13.8 Å². The molecule has 0 aromatic heterocycles. The summed E-state index contributed by atoms with van der Waals surface area (Å²) in [6.07, 6.45) is -0.528. The molecule has 3 nitrogen and oxygen atoms in total. The number of halogens is 1. The molecule has 0 aliphatic heterocycles. The largest absolute Gasteiger partial charge is 0.491 e. The Morgan fingerprint density at radius 1 is 1.24 bits per heavy atom. The monoisotopic (exact) mass is 241 g/mol.